The second kappa shape index (κ2) is 3.37. The zero-order valence-corrected chi connectivity index (χ0v) is 6.33. The summed E-state index contributed by atoms with van der Waals surface area (Å²) in [6, 6.07) is 7.37. The number of nitrogen functional groups attached to an aromatic ring is 1. The summed E-state index contributed by atoms with van der Waals surface area (Å²) in [5.74, 6) is 0. The van der Waals surface area contributed by atoms with Gasteiger partial charge in [-0.05, 0) is 17.7 Å². The van der Waals surface area contributed by atoms with Crippen LogP contribution in [0.5, 0.6) is 0 Å². The van der Waals surface area contributed by atoms with Crippen molar-refractivity contribution < 1.29 is 0 Å². The lowest BCUT2D eigenvalue weighted by atomic mass is 10.1. The average molecular weight is 151 g/mol. The van der Waals surface area contributed by atoms with E-state index in [1.54, 1.807) is 0 Å². The Hall–Kier alpha value is -1.06. The minimum absolute atomic E-state index is 0.0986. The number of nitrogens with two attached hydrogens (primary N) is 3. The van der Waals surface area contributed by atoms with Crippen LogP contribution >= 0.6 is 0 Å². The van der Waals surface area contributed by atoms with Gasteiger partial charge in [-0.3, -0.25) is 0 Å². The Kier molecular flexibility index (Phi) is 2.46. The van der Waals surface area contributed by atoms with Gasteiger partial charge in [-0.25, -0.2) is 0 Å². The molecular formula is C8H13N3. The number of hydrogen-bond acceptors (Lipinski definition) is 3. The van der Waals surface area contributed by atoms with Crippen LogP contribution in [-0.2, 0) is 0 Å². The van der Waals surface area contributed by atoms with Gasteiger partial charge in [-0.15, -0.1) is 0 Å². The standard InChI is InChI=1S/C8H13N3/c9-5-8(11)6-2-1-3-7(10)4-6/h1-4,8H,5,9-11H2/t8-/m0/s1. The monoisotopic (exact) mass is 151 g/mol. The predicted octanol–water partition coefficient (Wildman–Crippen LogP) is 0.227. The second-order valence-corrected chi connectivity index (χ2v) is 2.51. The molecule has 0 heterocycles. The van der Waals surface area contributed by atoms with Crippen molar-refractivity contribution in [2.75, 3.05) is 12.3 Å². The Morgan fingerprint density at radius 3 is 2.64 bits per heavy atom. The highest BCUT2D eigenvalue weighted by Gasteiger charge is 2.01. The molecule has 1 rings (SSSR count). The van der Waals surface area contributed by atoms with E-state index < -0.39 is 0 Å². The maximum absolute atomic E-state index is 5.68. The summed E-state index contributed by atoms with van der Waals surface area (Å²) in [5, 5.41) is 0. The summed E-state index contributed by atoms with van der Waals surface area (Å²) in [7, 11) is 0. The molecule has 0 aliphatic rings. The van der Waals surface area contributed by atoms with Crippen LogP contribution in [0.2, 0.25) is 0 Å². The Morgan fingerprint density at radius 2 is 2.09 bits per heavy atom. The summed E-state index contributed by atoms with van der Waals surface area (Å²) < 4.78 is 0. The van der Waals surface area contributed by atoms with Gasteiger partial charge in [0.1, 0.15) is 0 Å². The molecule has 3 nitrogen and oxygen atoms in total. The zero-order valence-electron chi connectivity index (χ0n) is 6.33. The molecule has 60 valence electrons. The minimum Gasteiger partial charge on any atom is -0.399 e. The first-order valence-electron chi connectivity index (χ1n) is 3.55. The molecule has 0 aliphatic carbocycles. The maximum Gasteiger partial charge on any atom is 0.0420 e. The van der Waals surface area contributed by atoms with Crippen LogP contribution < -0.4 is 17.2 Å². The van der Waals surface area contributed by atoms with Crippen molar-refractivity contribution in [3.63, 3.8) is 0 Å². The molecule has 1 aromatic carbocycles. The quantitative estimate of drug-likeness (QED) is 0.529. The van der Waals surface area contributed by atoms with Crippen LogP contribution in [0.1, 0.15) is 11.6 Å². The molecule has 3 heteroatoms. The summed E-state index contributed by atoms with van der Waals surface area (Å²) in [6.45, 7) is 0.448. The molecule has 11 heavy (non-hydrogen) atoms. The van der Waals surface area contributed by atoms with Gasteiger partial charge in [0.15, 0.2) is 0 Å². The summed E-state index contributed by atoms with van der Waals surface area (Å²) in [4.78, 5) is 0. The average Bonchev–Trinajstić information content (AvgIpc) is 2.03. The van der Waals surface area contributed by atoms with E-state index in [1.165, 1.54) is 0 Å². The highest BCUT2D eigenvalue weighted by Crippen LogP contribution is 2.11. The van der Waals surface area contributed by atoms with Crippen LogP contribution in [0.4, 0.5) is 5.69 Å². The Bertz CT molecular complexity index is 235. The van der Waals surface area contributed by atoms with Crippen molar-refractivity contribution in [3.8, 4) is 0 Å². The largest absolute Gasteiger partial charge is 0.399 e. The third kappa shape index (κ3) is 1.93. The van der Waals surface area contributed by atoms with E-state index in [0.29, 0.717) is 6.54 Å². The Morgan fingerprint density at radius 1 is 1.36 bits per heavy atom. The summed E-state index contributed by atoms with van der Waals surface area (Å²) in [6.07, 6.45) is 0. The van der Waals surface area contributed by atoms with E-state index in [9.17, 15) is 0 Å². The molecule has 1 aromatic rings. The van der Waals surface area contributed by atoms with Gasteiger partial charge in [0.25, 0.3) is 0 Å². The topological polar surface area (TPSA) is 78.1 Å². The lowest BCUT2D eigenvalue weighted by Crippen LogP contribution is -2.20. The van der Waals surface area contributed by atoms with E-state index in [4.69, 9.17) is 17.2 Å². The van der Waals surface area contributed by atoms with Crippen molar-refractivity contribution in [2.45, 2.75) is 6.04 Å². The SMILES string of the molecule is NC[C@H](N)c1cccc(N)c1. The second-order valence-electron chi connectivity index (χ2n) is 2.51. The Balaban J connectivity index is 2.86. The molecule has 0 saturated carbocycles. The highest BCUT2D eigenvalue weighted by atomic mass is 14.7. The summed E-state index contributed by atoms with van der Waals surface area (Å²) in [5.41, 5.74) is 18.3. The lowest BCUT2D eigenvalue weighted by molar-refractivity contribution is 0.737. The van der Waals surface area contributed by atoms with Gasteiger partial charge in [0.2, 0.25) is 0 Å². The van der Waals surface area contributed by atoms with Crippen LogP contribution in [0.15, 0.2) is 24.3 Å². The minimum atomic E-state index is -0.0986. The van der Waals surface area contributed by atoms with Gasteiger partial charge < -0.3 is 17.2 Å². The molecule has 0 unspecified atom stereocenters. The predicted molar refractivity (Wildman–Crippen MR) is 46.8 cm³/mol. The van der Waals surface area contributed by atoms with E-state index in [2.05, 4.69) is 0 Å². The number of hydrogen-bond donors (Lipinski definition) is 3. The van der Waals surface area contributed by atoms with Crippen LogP contribution in [0.3, 0.4) is 0 Å². The smallest absolute Gasteiger partial charge is 0.0420 e. The number of rotatable bonds is 2. The van der Waals surface area contributed by atoms with E-state index in [-0.39, 0.29) is 6.04 Å². The van der Waals surface area contributed by atoms with E-state index >= 15 is 0 Å². The molecule has 0 bridgehead atoms. The number of anilines is 1. The van der Waals surface area contributed by atoms with Crippen molar-refractivity contribution in [2.24, 2.45) is 11.5 Å². The number of benzene rings is 1. The van der Waals surface area contributed by atoms with Gasteiger partial charge in [0.05, 0.1) is 0 Å². The third-order valence-corrected chi connectivity index (χ3v) is 1.59. The van der Waals surface area contributed by atoms with Gasteiger partial charge in [-0.1, -0.05) is 12.1 Å². The van der Waals surface area contributed by atoms with Gasteiger partial charge in [-0.2, -0.15) is 0 Å². The van der Waals surface area contributed by atoms with Crippen LogP contribution in [0.25, 0.3) is 0 Å². The van der Waals surface area contributed by atoms with Crippen LogP contribution in [-0.4, -0.2) is 6.54 Å². The molecule has 0 fully saturated rings. The fourth-order valence-electron chi connectivity index (χ4n) is 0.926. The Labute approximate surface area is 66.2 Å². The fourth-order valence-corrected chi connectivity index (χ4v) is 0.926. The molecule has 0 aromatic heterocycles. The molecular weight excluding hydrogens is 138 g/mol. The first-order valence-corrected chi connectivity index (χ1v) is 3.55. The van der Waals surface area contributed by atoms with Crippen molar-refractivity contribution in [1.29, 1.82) is 0 Å². The van der Waals surface area contributed by atoms with Crippen molar-refractivity contribution in [3.05, 3.63) is 29.8 Å². The molecule has 0 amide bonds. The lowest BCUT2D eigenvalue weighted by Gasteiger charge is -2.08. The van der Waals surface area contributed by atoms with E-state index in [0.717, 1.165) is 11.3 Å². The molecule has 0 radical (unpaired) electrons. The highest BCUT2D eigenvalue weighted by molar-refractivity contribution is 5.41. The van der Waals surface area contributed by atoms with Gasteiger partial charge in [0, 0.05) is 18.3 Å². The first-order chi connectivity index (χ1) is 5.24. The third-order valence-electron chi connectivity index (χ3n) is 1.59. The van der Waals surface area contributed by atoms with Crippen LogP contribution in [0, 0.1) is 0 Å². The first kappa shape index (κ1) is 8.04. The molecule has 1 atom stereocenters. The van der Waals surface area contributed by atoms with Gasteiger partial charge >= 0.3 is 0 Å². The van der Waals surface area contributed by atoms with E-state index in [1.807, 2.05) is 24.3 Å². The van der Waals surface area contributed by atoms with Crippen molar-refractivity contribution in [1.82, 2.24) is 0 Å². The molecule has 0 aliphatic heterocycles. The fraction of sp³-hybridized carbons (Fsp3) is 0.250. The molecule has 0 saturated heterocycles. The molecule has 0 spiro atoms. The normalized spacial score (nSPS) is 12.9. The maximum atomic E-state index is 5.68. The zero-order chi connectivity index (χ0) is 8.27. The van der Waals surface area contributed by atoms with Crippen molar-refractivity contribution >= 4 is 5.69 Å². The summed E-state index contributed by atoms with van der Waals surface area (Å²) >= 11 is 0. The molecule has 6 N–H and O–H groups in total.